The molecule has 0 saturated carbocycles. The molecule has 0 atom stereocenters. The molecule has 0 aromatic rings. The van der Waals surface area contributed by atoms with Gasteiger partial charge in [-0.15, -0.1) is 0 Å². The maximum absolute atomic E-state index is 11.6. The molecule has 0 aliphatic heterocycles. The molecule has 0 aromatic carbocycles. The zero-order valence-corrected chi connectivity index (χ0v) is 9.63. The van der Waals surface area contributed by atoms with E-state index in [2.05, 4.69) is 4.72 Å². The van der Waals surface area contributed by atoms with E-state index in [9.17, 15) is 8.42 Å². The molecular weight excluding hydrogens is 202 g/mol. The summed E-state index contributed by atoms with van der Waals surface area (Å²) in [4.78, 5) is 0. The van der Waals surface area contributed by atoms with E-state index in [4.69, 9.17) is 5.26 Å². The fraction of sp³-hybridized carbons (Fsp3) is 0.875. The Labute approximate surface area is 85.9 Å². The lowest BCUT2D eigenvalue weighted by molar-refractivity contribution is 0.421. The Morgan fingerprint density at radius 2 is 2.07 bits per heavy atom. The second kappa shape index (κ2) is 5.96. The Balaban J connectivity index is 4.43. The van der Waals surface area contributed by atoms with Gasteiger partial charge in [0.15, 0.2) is 0 Å². The van der Waals surface area contributed by atoms with Gasteiger partial charge in [-0.3, -0.25) is 0 Å². The minimum atomic E-state index is -3.41. The predicted octanol–water partition coefficient (Wildman–Crippen LogP) is 0.465. The minimum Gasteiger partial charge on any atom is -0.200 e. The van der Waals surface area contributed by atoms with E-state index in [1.54, 1.807) is 20.8 Å². The first kappa shape index (κ1) is 13.4. The van der Waals surface area contributed by atoms with Crippen LogP contribution < -0.4 is 4.72 Å². The smallest absolute Gasteiger partial charge is 0.200 e. The molecule has 0 radical (unpaired) electrons. The molecular formula is C8H17N3O2S. The summed E-state index contributed by atoms with van der Waals surface area (Å²) < 4.78 is 26.9. The van der Waals surface area contributed by atoms with Gasteiger partial charge >= 0.3 is 0 Å². The van der Waals surface area contributed by atoms with Crippen LogP contribution in [0.2, 0.25) is 0 Å². The van der Waals surface area contributed by atoms with E-state index in [1.165, 1.54) is 4.31 Å². The molecule has 0 aliphatic carbocycles. The van der Waals surface area contributed by atoms with Gasteiger partial charge in [-0.25, -0.2) is 0 Å². The van der Waals surface area contributed by atoms with Gasteiger partial charge in [0, 0.05) is 25.6 Å². The van der Waals surface area contributed by atoms with Gasteiger partial charge < -0.3 is 0 Å². The molecule has 82 valence electrons. The summed E-state index contributed by atoms with van der Waals surface area (Å²) in [7, 11) is -3.41. The fourth-order valence-corrected chi connectivity index (χ4v) is 2.41. The minimum absolute atomic E-state index is 0.129. The summed E-state index contributed by atoms with van der Waals surface area (Å²) in [5.41, 5.74) is 0. The number of rotatable bonds is 6. The summed E-state index contributed by atoms with van der Waals surface area (Å²) in [5, 5.41) is 8.37. The number of nitrogens with zero attached hydrogens (tertiary/aromatic N) is 2. The molecule has 0 saturated heterocycles. The molecule has 0 fully saturated rings. The normalized spacial score (nSPS) is 12.0. The first-order chi connectivity index (χ1) is 6.44. The molecule has 1 N–H and O–H groups in total. The highest BCUT2D eigenvalue weighted by molar-refractivity contribution is 7.87. The van der Waals surface area contributed by atoms with E-state index in [-0.39, 0.29) is 19.0 Å². The van der Waals surface area contributed by atoms with Crippen LogP contribution in [-0.2, 0) is 10.2 Å². The molecule has 0 unspecified atom stereocenters. The summed E-state index contributed by atoms with van der Waals surface area (Å²) >= 11 is 0. The molecule has 0 aromatic heterocycles. The van der Waals surface area contributed by atoms with Gasteiger partial charge in [-0.1, -0.05) is 6.92 Å². The Morgan fingerprint density at radius 1 is 1.50 bits per heavy atom. The highest BCUT2D eigenvalue weighted by atomic mass is 32.2. The van der Waals surface area contributed by atoms with Gasteiger partial charge in [0.1, 0.15) is 0 Å². The Kier molecular flexibility index (Phi) is 5.69. The van der Waals surface area contributed by atoms with Crippen LogP contribution in [-0.4, -0.2) is 31.9 Å². The zero-order chi connectivity index (χ0) is 11.2. The SMILES string of the molecule is CCN(CCC#N)S(=O)(=O)NC(C)C. The molecule has 5 nitrogen and oxygen atoms in total. The van der Waals surface area contributed by atoms with Crippen LogP contribution in [0.1, 0.15) is 27.2 Å². The third-order valence-corrected chi connectivity index (χ3v) is 3.44. The van der Waals surface area contributed by atoms with Crippen LogP contribution in [0.15, 0.2) is 0 Å². The van der Waals surface area contributed by atoms with Gasteiger partial charge in [0.05, 0.1) is 6.07 Å². The summed E-state index contributed by atoms with van der Waals surface area (Å²) in [6, 6.07) is 1.80. The second-order valence-electron chi connectivity index (χ2n) is 3.18. The lowest BCUT2D eigenvalue weighted by atomic mass is 10.4. The lowest BCUT2D eigenvalue weighted by Gasteiger charge is -2.20. The standard InChI is InChI=1S/C8H17N3O2S/c1-4-11(7-5-6-9)14(12,13)10-8(2)3/h8,10H,4-5,7H2,1-3H3. The molecule has 0 aliphatic rings. The van der Waals surface area contributed by atoms with Crippen molar-refractivity contribution >= 4 is 10.2 Å². The third-order valence-electron chi connectivity index (χ3n) is 1.55. The van der Waals surface area contributed by atoms with Crippen molar-refractivity contribution in [3.8, 4) is 6.07 Å². The number of hydrogen-bond donors (Lipinski definition) is 1. The van der Waals surface area contributed by atoms with E-state index >= 15 is 0 Å². The van der Waals surface area contributed by atoms with Crippen molar-refractivity contribution in [1.29, 1.82) is 5.26 Å². The molecule has 0 amide bonds. The third kappa shape index (κ3) is 4.56. The molecule has 0 spiro atoms. The van der Waals surface area contributed by atoms with E-state index in [0.29, 0.717) is 6.54 Å². The van der Waals surface area contributed by atoms with Crippen molar-refractivity contribution in [1.82, 2.24) is 9.03 Å². The van der Waals surface area contributed by atoms with Crippen molar-refractivity contribution in [2.75, 3.05) is 13.1 Å². The fourth-order valence-electron chi connectivity index (χ4n) is 0.995. The first-order valence-electron chi connectivity index (χ1n) is 4.58. The van der Waals surface area contributed by atoms with Crippen LogP contribution in [0.3, 0.4) is 0 Å². The van der Waals surface area contributed by atoms with Crippen molar-refractivity contribution in [3.05, 3.63) is 0 Å². The maximum atomic E-state index is 11.6. The van der Waals surface area contributed by atoms with Crippen LogP contribution >= 0.6 is 0 Å². The van der Waals surface area contributed by atoms with Gasteiger partial charge in [0.2, 0.25) is 0 Å². The summed E-state index contributed by atoms with van der Waals surface area (Å²) in [5.74, 6) is 0. The largest absolute Gasteiger partial charge is 0.279 e. The van der Waals surface area contributed by atoms with Crippen molar-refractivity contribution in [2.24, 2.45) is 0 Å². The van der Waals surface area contributed by atoms with Crippen molar-refractivity contribution in [2.45, 2.75) is 33.2 Å². The Morgan fingerprint density at radius 3 is 2.43 bits per heavy atom. The molecule has 14 heavy (non-hydrogen) atoms. The van der Waals surface area contributed by atoms with Crippen LogP contribution in [0.4, 0.5) is 0 Å². The van der Waals surface area contributed by atoms with Gasteiger partial charge in [-0.05, 0) is 13.8 Å². The van der Waals surface area contributed by atoms with Gasteiger partial charge in [0.25, 0.3) is 10.2 Å². The predicted molar refractivity (Wildman–Crippen MR) is 54.7 cm³/mol. The number of nitriles is 1. The van der Waals surface area contributed by atoms with Crippen LogP contribution in [0.25, 0.3) is 0 Å². The van der Waals surface area contributed by atoms with Crippen molar-refractivity contribution < 1.29 is 8.42 Å². The van der Waals surface area contributed by atoms with E-state index in [0.717, 1.165) is 0 Å². The number of hydrogen-bond acceptors (Lipinski definition) is 3. The summed E-state index contributed by atoms with van der Waals surface area (Å²) in [6.07, 6.45) is 0.215. The second-order valence-corrected chi connectivity index (χ2v) is 4.88. The van der Waals surface area contributed by atoms with E-state index in [1.807, 2.05) is 6.07 Å². The van der Waals surface area contributed by atoms with Crippen LogP contribution in [0, 0.1) is 11.3 Å². The highest BCUT2D eigenvalue weighted by Crippen LogP contribution is 2.00. The monoisotopic (exact) mass is 219 g/mol. The van der Waals surface area contributed by atoms with Crippen LogP contribution in [0.5, 0.6) is 0 Å². The highest BCUT2D eigenvalue weighted by Gasteiger charge is 2.20. The summed E-state index contributed by atoms with van der Waals surface area (Å²) in [6.45, 7) is 5.89. The molecule has 6 heteroatoms. The first-order valence-corrected chi connectivity index (χ1v) is 6.02. The van der Waals surface area contributed by atoms with Gasteiger partial charge in [-0.2, -0.15) is 22.7 Å². The molecule has 0 bridgehead atoms. The Bertz CT molecular complexity index is 292. The zero-order valence-electron chi connectivity index (χ0n) is 8.82. The molecule has 0 heterocycles. The average Bonchev–Trinajstić information content (AvgIpc) is 2.02. The van der Waals surface area contributed by atoms with E-state index < -0.39 is 10.2 Å². The van der Waals surface area contributed by atoms with Crippen molar-refractivity contribution in [3.63, 3.8) is 0 Å². The topological polar surface area (TPSA) is 73.2 Å². The Hall–Kier alpha value is -0.640. The quantitative estimate of drug-likeness (QED) is 0.705. The lowest BCUT2D eigenvalue weighted by Crippen LogP contribution is -2.43. The average molecular weight is 219 g/mol. The molecule has 0 rings (SSSR count). The maximum Gasteiger partial charge on any atom is 0.279 e. The number of nitrogens with one attached hydrogen (secondary N) is 1.